The number of rotatable bonds is 4. The molecule has 0 aromatic rings. The smallest absolute Gasteiger partial charge is 0.140 e. The summed E-state index contributed by atoms with van der Waals surface area (Å²) in [6, 6.07) is 0. The lowest BCUT2D eigenvalue weighted by molar-refractivity contribution is -0.0986. The predicted molar refractivity (Wildman–Crippen MR) is 84.2 cm³/mol. The Kier molecular flexibility index (Phi) is 4.39. The Morgan fingerprint density at radius 3 is 2.86 bits per heavy atom. The predicted octanol–water partition coefficient (Wildman–Crippen LogP) is 4.05. The molecule has 0 radical (unpaired) electrons. The van der Waals surface area contributed by atoms with Crippen LogP contribution in [-0.4, -0.2) is 25.8 Å². The van der Waals surface area contributed by atoms with Crippen LogP contribution < -0.4 is 0 Å². The minimum absolute atomic E-state index is 0.604. The van der Waals surface area contributed by atoms with E-state index in [0.29, 0.717) is 5.92 Å². The minimum atomic E-state index is 0.604. The van der Waals surface area contributed by atoms with Gasteiger partial charge in [-0.15, -0.1) is 6.58 Å². The van der Waals surface area contributed by atoms with E-state index in [1.807, 2.05) is 11.3 Å². The van der Waals surface area contributed by atoms with E-state index in [4.69, 9.17) is 9.57 Å². The fraction of sp³-hybridized carbons (Fsp3) is 0.667. The first kappa shape index (κ1) is 14.7. The van der Waals surface area contributed by atoms with Crippen molar-refractivity contribution in [3.8, 4) is 0 Å². The van der Waals surface area contributed by atoms with Crippen LogP contribution in [0.1, 0.15) is 38.5 Å². The number of hydrogen-bond acceptors (Lipinski definition) is 3. The van der Waals surface area contributed by atoms with Gasteiger partial charge >= 0.3 is 0 Å². The molecule has 0 N–H and O–H groups in total. The highest BCUT2D eigenvalue weighted by molar-refractivity contribution is 5.38. The monoisotopic (exact) mass is 289 g/mol. The van der Waals surface area contributed by atoms with Crippen molar-refractivity contribution in [1.82, 2.24) is 5.06 Å². The maximum Gasteiger partial charge on any atom is 0.140 e. The Balaban J connectivity index is 1.96. The first-order chi connectivity index (χ1) is 10.3. The highest BCUT2D eigenvalue weighted by Gasteiger charge is 2.39. The highest BCUT2D eigenvalue weighted by Crippen LogP contribution is 2.49. The second-order valence-electron chi connectivity index (χ2n) is 6.56. The van der Waals surface area contributed by atoms with E-state index in [0.717, 1.165) is 37.0 Å². The van der Waals surface area contributed by atoms with E-state index in [-0.39, 0.29) is 0 Å². The van der Waals surface area contributed by atoms with Gasteiger partial charge in [-0.3, -0.25) is 9.90 Å². The molecular weight excluding hydrogens is 262 g/mol. The van der Waals surface area contributed by atoms with Gasteiger partial charge in [-0.25, -0.2) is 0 Å². The Morgan fingerprint density at radius 1 is 1.33 bits per heavy atom. The molecule has 3 heteroatoms. The van der Waals surface area contributed by atoms with Crippen LogP contribution in [0.3, 0.4) is 0 Å². The molecule has 21 heavy (non-hydrogen) atoms. The lowest BCUT2D eigenvalue weighted by Gasteiger charge is -2.41. The van der Waals surface area contributed by atoms with Crippen molar-refractivity contribution < 1.29 is 9.57 Å². The molecule has 3 unspecified atom stereocenters. The molecule has 0 aromatic carbocycles. The summed E-state index contributed by atoms with van der Waals surface area (Å²) in [6.07, 6.45) is 11.6. The van der Waals surface area contributed by atoms with Crippen molar-refractivity contribution in [1.29, 1.82) is 0 Å². The molecule has 0 spiro atoms. The first-order valence-corrected chi connectivity index (χ1v) is 8.17. The fourth-order valence-corrected chi connectivity index (χ4v) is 4.57. The van der Waals surface area contributed by atoms with E-state index in [9.17, 15) is 0 Å². The molecule has 1 saturated carbocycles. The largest absolute Gasteiger partial charge is 0.495 e. The second kappa shape index (κ2) is 6.27. The maximum absolute atomic E-state index is 5.68. The summed E-state index contributed by atoms with van der Waals surface area (Å²) in [4.78, 5) is 5.53. The van der Waals surface area contributed by atoms with Gasteiger partial charge in [0.15, 0.2) is 0 Å². The SMILES string of the molecule is C=CCC1CC2CCCC3=C2C(C1)CN(OC)C=C3OC. The summed E-state index contributed by atoms with van der Waals surface area (Å²) in [6.45, 7) is 4.89. The van der Waals surface area contributed by atoms with Crippen molar-refractivity contribution in [3.05, 3.63) is 35.8 Å². The Labute approximate surface area is 128 Å². The number of hydroxylamine groups is 2. The summed E-state index contributed by atoms with van der Waals surface area (Å²) in [5.41, 5.74) is 3.14. The molecule has 0 aromatic heterocycles. The topological polar surface area (TPSA) is 21.7 Å². The summed E-state index contributed by atoms with van der Waals surface area (Å²) >= 11 is 0. The number of nitrogens with zero attached hydrogens (tertiary/aromatic N) is 1. The van der Waals surface area contributed by atoms with Gasteiger partial charge in [0.1, 0.15) is 5.76 Å². The molecule has 0 amide bonds. The van der Waals surface area contributed by atoms with Crippen LogP contribution in [0.4, 0.5) is 0 Å². The highest BCUT2D eigenvalue weighted by atomic mass is 16.7. The standard InChI is InChI=1S/C18H27NO2/c1-4-6-13-9-14-7-5-8-16-17(20-2)12-19(21-3)11-15(10-13)18(14)16/h4,12-15H,1,5-11H2,2-3H3. The molecule has 116 valence electrons. The molecule has 1 aliphatic heterocycles. The molecule has 1 heterocycles. The molecule has 3 nitrogen and oxygen atoms in total. The zero-order chi connectivity index (χ0) is 14.8. The van der Waals surface area contributed by atoms with Gasteiger partial charge in [0.25, 0.3) is 0 Å². The second-order valence-corrected chi connectivity index (χ2v) is 6.56. The summed E-state index contributed by atoms with van der Waals surface area (Å²) in [7, 11) is 3.52. The Bertz CT molecular complexity index is 466. The molecule has 1 fully saturated rings. The molecule has 0 saturated heterocycles. The van der Waals surface area contributed by atoms with Crippen LogP contribution in [0, 0.1) is 17.8 Å². The quantitative estimate of drug-likeness (QED) is 0.729. The van der Waals surface area contributed by atoms with Crippen molar-refractivity contribution in [2.24, 2.45) is 17.8 Å². The van der Waals surface area contributed by atoms with Gasteiger partial charge in [-0.1, -0.05) is 11.6 Å². The van der Waals surface area contributed by atoms with E-state index >= 15 is 0 Å². The number of ether oxygens (including phenoxy) is 1. The van der Waals surface area contributed by atoms with Gasteiger partial charge in [0.05, 0.1) is 27.0 Å². The molecule has 3 aliphatic rings. The van der Waals surface area contributed by atoms with E-state index in [1.165, 1.54) is 31.3 Å². The number of methoxy groups -OCH3 is 1. The number of hydrogen-bond donors (Lipinski definition) is 0. The van der Waals surface area contributed by atoms with Crippen LogP contribution >= 0.6 is 0 Å². The zero-order valence-corrected chi connectivity index (χ0v) is 13.3. The zero-order valence-electron chi connectivity index (χ0n) is 13.3. The average Bonchev–Trinajstić information content (AvgIpc) is 2.66. The number of allylic oxidation sites excluding steroid dienone is 2. The molecule has 3 atom stereocenters. The Hall–Kier alpha value is -1.22. The Morgan fingerprint density at radius 2 is 2.14 bits per heavy atom. The third-order valence-corrected chi connectivity index (χ3v) is 5.36. The summed E-state index contributed by atoms with van der Waals surface area (Å²) in [5.74, 6) is 3.14. The van der Waals surface area contributed by atoms with Gasteiger partial charge < -0.3 is 4.74 Å². The lowest BCUT2D eigenvalue weighted by Crippen LogP contribution is -2.33. The third kappa shape index (κ3) is 2.76. The van der Waals surface area contributed by atoms with E-state index < -0.39 is 0 Å². The van der Waals surface area contributed by atoms with Crippen LogP contribution in [0.5, 0.6) is 0 Å². The van der Waals surface area contributed by atoms with Crippen molar-refractivity contribution in [3.63, 3.8) is 0 Å². The molecule has 0 bridgehead atoms. The van der Waals surface area contributed by atoms with E-state index in [2.05, 4.69) is 12.7 Å². The van der Waals surface area contributed by atoms with Gasteiger partial charge in [-0.2, -0.15) is 0 Å². The maximum atomic E-state index is 5.68. The van der Waals surface area contributed by atoms with Crippen LogP contribution in [-0.2, 0) is 9.57 Å². The molecule has 3 rings (SSSR count). The van der Waals surface area contributed by atoms with Crippen molar-refractivity contribution in [2.45, 2.75) is 38.5 Å². The van der Waals surface area contributed by atoms with Gasteiger partial charge in [0.2, 0.25) is 0 Å². The lowest BCUT2D eigenvalue weighted by atomic mass is 9.65. The van der Waals surface area contributed by atoms with Crippen molar-refractivity contribution >= 4 is 0 Å². The molecular formula is C18H27NO2. The normalized spacial score (nSPS) is 32.2. The van der Waals surface area contributed by atoms with Crippen LogP contribution in [0.15, 0.2) is 35.8 Å². The van der Waals surface area contributed by atoms with Crippen LogP contribution in [0.25, 0.3) is 0 Å². The third-order valence-electron chi connectivity index (χ3n) is 5.36. The van der Waals surface area contributed by atoms with Gasteiger partial charge in [0, 0.05) is 5.92 Å². The van der Waals surface area contributed by atoms with Crippen molar-refractivity contribution in [2.75, 3.05) is 20.8 Å². The van der Waals surface area contributed by atoms with Crippen LogP contribution in [0.2, 0.25) is 0 Å². The van der Waals surface area contributed by atoms with E-state index in [1.54, 1.807) is 19.8 Å². The average molecular weight is 289 g/mol. The minimum Gasteiger partial charge on any atom is -0.495 e. The first-order valence-electron chi connectivity index (χ1n) is 8.17. The summed E-state index contributed by atoms with van der Waals surface area (Å²) in [5, 5.41) is 1.95. The van der Waals surface area contributed by atoms with Gasteiger partial charge in [-0.05, 0) is 55.9 Å². The fourth-order valence-electron chi connectivity index (χ4n) is 4.57. The summed E-state index contributed by atoms with van der Waals surface area (Å²) < 4.78 is 5.68. The molecule has 2 aliphatic carbocycles.